The highest BCUT2D eigenvalue weighted by atomic mass is 16.5. The molecule has 0 aromatic heterocycles. The van der Waals surface area contributed by atoms with E-state index in [1.54, 1.807) is 6.08 Å². The molecule has 3 nitrogen and oxygen atoms in total. The molecule has 0 saturated heterocycles. The van der Waals surface area contributed by atoms with E-state index in [1.807, 2.05) is 19.9 Å². The highest BCUT2D eigenvalue weighted by molar-refractivity contribution is 6.17. The third-order valence-electron chi connectivity index (χ3n) is 3.16. The van der Waals surface area contributed by atoms with Gasteiger partial charge in [0.15, 0.2) is 5.78 Å². The van der Waals surface area contributed by atoms with Crippen LogP contribution in [0.5, 0.6) is 0 Å². The van der Waals surface area contributed by atoms with Crippen molar-refractivity contribution in [2.45, 2.75) is 26.7 Å². The summed E-state index contributed by atoms with van der Waals surface area (Å²) in [6.45, 7) is 7.74. The van der Waals surface area contributed by atoms with Crippen molar-refractivity contribution >= 4 is 11.8 Å². The number of allylic oxidation sites excluding steroid dienone is 2. The monoisotopic (exact) mass is 222 g/mol. The van der Waals surface area contributed by atoms with Crippen LogP contribution in [0.1, 0.15) is 26.7 Å². The Kier molecular flexibility index (Phi) is 3.68. The molecular formula is C13H18O3. The third-order valence-corrected chi connectivity index (χ3v) is 3.16. The molecule has 16 heavy (non-hydrogen) atoms. The average molecular weight is 222 g/mol. The van der Waals surface area contributed by atoms with E-state index >= 15 is 0 Å². The molecule has 0 aliphatic heterocycles. The molecule has 3 heteroatoms. The normalized spacial score (nSPS) is 23.6. The fourth-order valence-corrected chi connectivity index (χ4v) is 2.04. The second kappa shape index (κ2) is 4.64. The molecule has 0 heterocycles. The molecule has 0 fully saturated rings. The van der Waals surface area contributed by atoms with Crippen molar-refractivity contribution in [1.29, 1.82) is 0 Å². The quantitative estimate of drug-likeness (QED) is 0.418. The predicted octanol–water partition coefficient (Wildman–Crippen LogP) is 2.28. The van der Waals surface area contributed by atoms with E-state index in [1.165, 1.54) is 7.11 Å². The van der Waals surface area contributed by atoms with Crippen molar-refractivity contribution in [3.05, 3.63) is 24.3 Å². The van der Waals surface area contributed by atoms with Crippen molar-refractivity contribution in [2.75, 3.05) is 7.11 Å². The zero-order valence-electron chi connectivity index (χ0n) is 10.1. The number of ketones is 1. The number of rotatable bonds is 3. The lowest BCUT2D eigenvalue weighted by molar-refractivity contribution is -0.138. The Labute approximate surface area is 96.2 Å². The van der Waals surface area contributed by atoms with Crippen LogP contribution in [-0.4, -0.2) is 18.9 Å². The Bertz CT molecular complexity index is 350. The van der Waals surface area contributed by atoms with Crippen molar-refractivity contribution in [2.24, 2.45) is 11.3 Å². The van der Waals surface area contributed by atoms with Gasteiger partial charge in [0.1, 0.15) is 0 Å². The van der Waals surface area contributed by atoms with Crippen LogP contribution < -0.4 is 0 Å². The van der Waals surface area contributed by atoms with Crippen molar-refractivity contribution in [1.82, 2.24) is 0 Å². The Morgan fingerprint density at radius 2 is 2.31 bits per heavy atom. The zero-order valence-corrected chi connectivity index (χ0v) is 10.1. The first-order chi connectivity index (χ1) is 7.42. The van der Waals surface area contributed by atoms with Crippen molar-refractivity contribution in [3.8, 4) is 0 Å². The Morgan fingerprint density at radius 3 is 2.81 bits per heavy atom. The average Bonchev–Trinajstić information content (AvgIpc) is 2.22. The SMILES string of the molecule is C=CCC1CC(=O)C(C(=O)OC)=CC1(C)C. The molecule has 0 radical (unpaired) electrons. The molecule has 88 valence electrons. The highest BCUT2D eigenvalue weighted by Crippen LogP contribution is 2.39. The van der Waals surface area contributed by atoms with Gasteiger partial charge in [-0.2, -0.15) is 0 Å². The summed E-state index contributed by atoms with van der Waals surface area (Å²) in [5.74, 6) is -0.445. The number of methoxy groups -OCH3 is 1. The summed E-state index contributed by atoms with van der Waals surface area (Å²) in [6.07, 6.45) is 4.72. The minimum Gasteiger partial charge on any atom is -0.465 e. The molecule has 1 aliphatic rings. The van der Waals surface area contributed by atoms with Crippen LogP contribution in [-0.2, 0) is 14.3 Å². The molecule has 0 aromatic rings. The first-order valence-corrected chi connectivity index (χ1v) is 5.37. The molecule has 0 saturated carbocycles. The molecular weight excluding hydrogens is 204 g/mol. The van der Waals surface area contributed by atoms with Gasteiger partial charge in [-0.1, -0.05) is 26.0 Å². The van der Waals surface area contributed by atoms with E-state index in [-0.39, 0.29) is 22.7 Å². The van der Waals surface area contributed by atoms with E-state index in [0.717, 1.165) is 6.42 Å². The highest BCUT2D eigenvalue weighted by Gasteiger charge is 2.37. The van der Waals surface area contributed by atoms with Gasteiger partial charge in [0, 0.05) is 6.42 Å². The fourth-order valence-electron chi connectivity index (χ4n) is 2.04. The second-order valence-corrected chi connectivity index (χ2v) is 4.72. The third kappa shape index (κ3) is 2.40. The Morgan fingerprint density at radius 1 is 1.69 bits per heavy atom. The number of Topliss-reactive ketones (excluding diaryl/α,β-unsaturated/α-hetero) is 1. The molecule has 0 spiro atoms. The van der Waals surface area contributed by atoms with Crippen LogP contribution in [0, 0.1) is 11.3 Å². The van der Waals surface area contributed by atoms with E-state index < -0.39 is 5.97 Å². The van der Waals surface area contributed by atoms with Crippen LogP contribution >= 0.6 is 0 Å². The molecule has 1 atom stereocenters. The van der Waals surface area contributed by atoms with Gasteiger partial charge in [-0.15, -0.1) is 6.58 Å². The first-order valence-electron chi connectivity index (χ1n) is 5.37. The lowest BCUT2D eigenvalue weighted by atomic mass is 9.69. The number of hydrogen-bond acceptors (Lipinski definition) is 3. The van der Waals surface area contributed by atoms with Crippen molar-refractivity contribution < 1.29 is 14.3 Å². The first kappa shape index (κ1) is 12.7. The van der Waals surface area contributed by atoms with E-state index in [9.17, 15) is 9.59 Å². The molecule has 1 rings (SSSR count). The summed E-state index contributed by atoms with van der Waals surface area (Å²) < 4.78 is 4.60. The van der Waals surface area contributed by atoms with Gasteiger partial charge < -0.3 is 4.74 Å². The van der Waals surface area contributed by atoms with Crippen LogP contribution in [0.3, 0.4) is 0 Å². The van der Waals surface area contributed by atoms with Crippen molar-refractivity contribution in [3.63, 3.8) is 0 Å². The Hall–Kier alpha value is -1.38. The fraction of sp³-hybridized carbons (Fsp3) is 0.538. The summed E-state index contributed by atoms with van der Waals surface area (Å²) in [4.78, 5) is 23.2. The minimum absolute atomic E-state index is 0.127. The summed E-state index contributed by atoms with van der Waals surface area (Å²) in [7, 11) is 1.29. The largest absolute Gasteiger partial charge is 0.465 e. The van der Waals surface area contributed by atoms with Gasteiger partial charge in [-0.25, -0.2) is 4.79 Å². The topological polar surface area (TPSA) is 43.4 Å². The van der Waals surface area contributed by atoms with Crippen LogP contribution in [0.4, 0.5) is 0 Å². The van der Waals surface area contributed by atoms with E-state index in [0.29, 0.717) is 6.42 Å². The smallest absolute Gasteiger partial charge is 0.341 e. The Balaban J connectivity index is 3.03. The molecule has 0 amide bonds. The van der Waals surface area contributed by atoms with Gasteiger partial charge in [-0.05, 0) is 17.8 Å². The molecule has 1 unspecified atom stereocenters. The maximum absolute atomic E-state index is 11.8. The number of ether oxygens (including phenoxy) is 1. The van der Waals surface area contributed by atoms with Gasteiger partial charge in [0.25, 0.3) is 0 Å². The minimum atomic E-state index is -0.532. The van der Waals surface area contributed by atoms with E-state index in [4.69, 9.17) is 0 Å². The van der Waals surface area contributed by atoms with Gasteiger partial charge in [0.2, 0.25) is 0 Å². The molecule has 0 N–H and O–H groups in total. The van der Waals surface area contributed by atoms with Crippen LogP contribution in [0.25, 0.3) is 0 Å². The summed E-state index contributed by atoms with van der Waals surface area (Å²) in [6, 6.07) is 0. The number of esters is 1. The maximum atomic E-state index is 11.8. The lowest BCUT2D eigenvalue weighted by Crippen LogP contribution is -2.33. The molecule has 1 aliphatic carbocycles. The summed E-state index contributed by atoms with van der Waals surface area (Å²) >= 11 is 0. The number of carbonyl (C=O) groups is 2. The standard InChI is InChI=1S/C13H18O3/c1-5-6-9-7-11(14)10(12(15)16-4)8-13(9,2)3/h5,8-9H,1,6-7H2,2-4H3. The van der Waals surface area contributed by atoms with Crippen LogP contribution in [0.15, 0.2) is 24.3 Å². The van der Waals surface area contributed by atoms with Gasteiger partial charge in [0.05, 0.1) is 12.7 Å². The molecule has 0 aromatic carbocycles. The van der Waals surface area contributed by atoms with Crippen LogP contribution in [0.2, 0.25) is 0 Å². The van der Waals surface area contributed by atoms with E-state index in [2.05, 4.69) is 11.3 Å². The van der Waals surface area contributed by atoms with Gasteiger partial charge >= 0.3 is 5.97 Å². The van der Waals surface area contributed by atoms with Gasteiger partial charge in [-0.3, -0.25) is 4.79 Å². The zero-order chi connectivity index (χ0) is 12.3. The summed E-state index contributed by atoms with van der Waals surface area (Å²) in [5, 5.41) is 0. The number of carbonyl (C=O) groups excluding carboxylic acids is 2. The maximum Gasteiger partial charge on any atom is 0.341 e. The lowest BCUT2D eigenvalue weighted by Gasteiger charge is -2.34. The number of hydrogen-bond donors (Lipinski definition) is 0. The summed E-state index contributed by atoms with van der Waals surface area (Å²) in [5.41, 5.74) is 0.0128. The predicted molar refractivity (Wildman–Crippen MR) is 61.8 cm³/mol. The molecule has 0 bridgehead atoms. The second-order valence-electron chi connectivity index (χ2n) is 4.72.